The Morgan fingerprint density at radius 1 is 1.32 bits per heavy atom. The Morgan fingerprint density at radius 3 is 2.64 bits per heavy atom. The monoisotopic (exact) mass is 388 g/mol. The molecule has 6 heteroatoms. The van der Waals surface area contributed by atoms with Gasteiger partial charge >= 0.3 is 0 Å². The van der Waals surface area contributed by atoms with Crippen molar-refractivity contribution in [2.75, 3.05) is 13.1 Å². The smallest absolute Gasteiger partial charge is 0.263 e. The molecular weight excluding hydrogens is 368 g/mol. The minimum atomic E-state index is -0.457. The highest BCUT2D eigenvalue weighted by molar-refractivity contribution is 9.10. The van der Waals surface area contributed by atoms with Gasteiger partial charge in [-0.3, -0.25) is 4.79 Å². The molecule has 0 bridgehead atoms. The van der Waals surface area contributed by atoms with Gasteiger partial charge in [0.25, 0.3) is 5.91 Å². The molecule has 1 saturated carbocycles. The number of benzene rings is 1. The van der Waals surface area contributed by atoms with Gasteiger partial charge in [-0.15, -0.1) is 12.4 Å². The van der Waals surface area contributed by atoms with E-state index in [1.54, 1.807) is 0 Å². The van der Waals surface area contributed by atoms with Crippen LogP contribution < -0.4 is 10.5 Å². The van der Waals surface area contributed by atoms with Gasteiger partial charge in [0.05, 0.1) is 0 Å². The van der Waals surface area contributed by atoms with E-state index in [4.69, 9.17) is 10.5 Å². The summed E-state index contributed by atoms with van der Waals surface area (Å²) in [6, 6.07) is 7.80. The molecule has 0 radical (unpaired) electrons. The molecule has 1 aliphatic carbocycles. The first-order valence-corrected chi connectivity index (χ1v) is 8.30. The fraction of sp³-hybridized carbons (Fsp3) is 0.562. The number of hydrogen-bond donors (Lipinski definition) is 1. The summed E-state index contributed by atoms with van der Waals surface area (Å²) in [6.07, 6.45) is 1.79. The molecule has 122 valence electrons. The van der Waals surface area contributed by atoms with Crippen LogP contribution in [0.3, 0.4) is 0 Å². The Bertz CT molecular complexity index is 525. The second kappa shape index (κ2) is 7.20. The molecule has 1 saturated heterocycles. The van der Waals surface area contributed by atoms with Crippen molar-refractivity contribution < 1.29 is 9.53 Å². The molecule has 1 aromatic rings. The Kier molecular flexibility index (Phi) is 5.75. The van der Waals surface area contributed by atoms with E-state index in [9.17, 15) is 4.79 Å². The van der Waals surface area contributed by atoms with Crippen LogP contribution in [0, 0.1) is 11.8 Å². The lowest BCUT2D eigenvalue weighted by Crippen LogP contribution is -2.40. The number of nitrogens with two attached hydrogens (primary N) is 1. The van der Waals surface area contributed by atoms with Crippen molar-refractivity contribution in [1.82, 2.24) is 4.90 Å². The van der Waals surface area contributed by atoms with E-state index in [0.29, 0.717) is 11.8 Å². The topological polar surface area (TPSA) is 55.6 Å². The lowest BCUT2D eigenvalue weighted by atomic mass is 9.98. The van der Waals surface area contributed by atoms with Crippen LogP contribution in [-0.4, -0.2) is 36.0 Å². The maximum atomic E-state index is 12.5. The SMILES string of the molecule is CC(Oc1ccc(Br)cc1)C(=O)N1CC2CCC(N)C2C1.Cl. The molecule has 2 fully saturated rings. The number of amides is 1. The van der Waals surface area contributed by atoms with Gasteiger partial charge in [0, 0.05) is 23.6 Å². The fourth-order valence-corrected chi connectivity index (χ4v) is 3.78. The van der Waals surface area contributed by atoms with Crippen molar-refractivity contribution in [3.63, 3.8) is 0 Å². The molecule has 22 heavy (non-hydrogen) atoms. The minimum Gasteiger partial charge on any atom is -0.481 e. The number of carbonyl (C=O) groups excluding carboxylic acids is 1. The highest BCUT2D eigenvalue weighted by Crippen LogP contribution is 2.37. The number of halogens is 2. The minimum absolute atomic E-state index is 0. The summed E-state index contributed by atoms with van der Waals surface area (Å²) < 4.78 is 6.74. The quantitative estimate of drug-likeness (QED) is 0.865. The van der Waals surface area contributed by atoms with Crippen LogP contribution in [0.15, 0.2) is 28.7 Å². The molecule has 1 amide bonds. The summed E-state index contributed by atoms with van der Waals surface area (Å²) in [5.74, 6) is 1.85. The average molecular weight is 390 g/mol. The van der Waals surface area contributed by atoms with Gasteiger partial charge in [0.1, 0.15) is 5.75 Å². The van der Waals surface area contributed by atoms with Crippen molar-refractivity contribution >= 4 is 34.2 Å². The molecule has 2 N–H and O–H groups in total. The van der Waals surface area contributed by atoms with Gasteiger partial charge in [-0.05, 0) is 55.9 Å². The van der Waals surface area contributed by atoms with Crippen LogP contribution in [0.5, 0.6) is 5.75 Å². The lowest BCUT2D eigenvalue weighted by molar-refractivity contribution is -0.137. The first-order chi connectivity index (χ1) is 10.0. The van der Waals surface area contributed by atoms with Crippen molar-refractivity contribution in [3.8, 4) is 5.75 Å². The van der Waals surface area contributed by atoms with Crippen molar-refractivity contribution in [1.29, 1.82) is 0 Å². The normalized spacial score (nSPS) is 28.0. The van der Waals surface area contributed by atoms with E-state index in [1.165, 1.54) is 0 Å². The number of fused-ring (bicyclic) bond motifs is 1. The third-order valence-electron chi connectivity index (χ3n) is 4.70. The number of rotatable bonds is 3. The molecule has 0 spiro atoms. The van der Waals surface area contributed by atoms with Crippen LogP contribution in [0.2, 0.25) is 0 Å². The molecule has 1 aliphatic heterocycles. The molecule has 3 rings (SSSR count). The first-order valence-electron chi connectivity index (χ1n) is 7.51. The molecule has 4 unspecified atom stereocenters. The maximum Gasteiger partial charge on any atom is 0.263 e. The van der Waals surface area contributed by atoms with Gasteiger partial charge < -0.3 is 15.4 Å². The molecule has 4 nitrogen and oxygen atoms in total. The van der Waals surface area contributed by atoms with Gasteiger partial charge in [-0.1, -0.05) is 15.9 Å². The van der Waals surface area contributed by atoms with Crippen LogP contribution in [0.25, 0.3) is 0 Å². The fourth-order valence-electron chi connectivity index (χ4n) is 3.51. The Labute approximate surface area is 145 Å². The zero-order valence-electron chi connectivity index (χ0n) is 12.6. The predicted molar refractivity (Wildman–Crippen MR) is 92.2 cm³/mol. The summed E-state index contributed by atoms with van der Waals surface area (Å²) in [6.45, 7) is 3.45. The number of hydrogen-bond acceptors (Lipinski definition) is 3. The molecule has 1 heterocycles. The summed E-state index contributed by atoms with van der Waals surface area (Å²) >= 11 is 3.39. The predicted octanol–water partition coefficient (Wildman–Crippen LogP) is 2.83. The Balaban J connectivity index is 0.00000176. The Morgan fingerprint density at radius 2 is 2.00 bits per heavy atom. The van der Waals surface area contributed by atoms with Crippen LogP contribution in [0.1, 0.15) is 19.8 Å². The van der Waals surface area contributed by atoms with E-state index < -0.39 is 6.10 Å². The zero-order chi connectivity index (χ0) is 15.0. The van der Waals surface area contributed by atoms with Crippen LogP contribution in [-0.2, 0) is 4.79 Å². The number of carbonyl (C=O) groups is 1. The van der Waals surface area contributed by atoms with E-state index in [1.807, 2.05) is 36.1 Å². The van der Waals surface area contributed by atoms with Crippen molar-refractivity contribution in [2.24, 2.45) is 17.6 Å². The van der Waals surface area contributed by atoms with E-state index >= 15 is 0 Å². The Hall–Kier alpha value is -0.780. The molecule has 0 aromatic heterocycles. The molecule has 2 aliphatic rings. The first kappa shape index (κ1) is 17.6. The van der Waals surface area contributed by atoms with Gasteiger partial charge in [0.2, 0.25) is 0 Å². The van der Waals surface area contributed by atoms with E-state index in [2.05, 4.69) is 15.9 Å². The van der Waals surface area contributed by atoms with Gasteiger partial charge in [0.15, 0.2) is 6.10 Å². The maximum absolute atomic E-state index is 12.5. The van der Waals surface area contributed by atoms with Crippen molar-refractivity contribution in [3.05, 3.63) is 28.7 Å². The van der Waals surface area contributed by atoms with E-state index in [-0.39, 0.29) is 24.4 Å². The molecule has 4 atom stereocenters. The molecule has 1 aromatic carbocycles. The molecular formula is C16H22BrClN2O2. The number of ether oxygens (including phenoxy) is 1. The van der Waals surface area contributed by atoms with E-state index in [0.717, 1.165) is 36.2 Å². The largest absolute Gasteiger partial charge is 0.481 e. The highest BCUT2D eigenvalue weighted by atomic mass is 79.9. The number of nitrogens with zero attached hydrogens (tertiary/aromatic N) is 1. The summed E-state index contributed by atoms with van der Waals surface area (Å²) in [5.41, 5.74) is 6.12. The van der Waals surface area contributed by atoms with Gasteiger partial charge in [-0.2, -0.15) is 0 Å². The average Bonchev–Trinajstić information content (AvgIpc) is 3.03. The van der Waals surface area contributed by atoms with Crippen molar-refractivity contribution in [2.45, 2.75) is 31.9 Å². The third-order valence-corrected chi connectivity index (χ3v) is 5.23. The van der Waals surface area contributed by atoms with Crippen LogP contribution >= 0.6 is 28.3 Å². The second-order valence-corrected chi connectivity index (χ2v) is 7.04. The summed E-state index contributed by atoms with van der Waals surface area (Å²) in [5, 5.41) is 0. The highest BCUT2D eigenvalue weighted by Gasteiger charge is 2.43. The third kappa shape index (κ3) is 3.58. The summed E-state index contributed by atoms with van der Waals surface area (Å²) in [4.78, 5) is 14.4. The summed E-state index contributed by atoms with van der Waals surface area (Å²) in [7, 11) is 0. The zero-order valence-corrected chi connectivity index (χ0v) is 15.0. The standard InChI is InChI=1S/C16H21BrN2O2.ClH/c1-10(21-13-5-3-12(17)4-6-13)16(20)19-8-11-2-7-15(18)14(11)9-19;/h3-6,10-11,14-15H,2,7-9,18H2,1H3;1H. The van der Waals surface area contributed by atoms with Gasteiger partial charge in [-0.25, -0.2) is 0 Å². The van der Waals surface area contributed by atoms with Crippen LogP contribution in [0.4, 0.5) is 0 Å². The lowest BCUT2D eigenvalue weighted by Gasteiger charge is -2.23. The second-order valence-electron chi connectivity index (χ2n) is 6.12. The number of likely N-dealkylation sites (tertiary alicyclic amines) is 1.